The molecule has 43 heavy (non-hydrogen) atoms. The van der Waals surface area contributed by atoms with Crippen molar-refractivity contribution in [2.45, 2.75) is 27.1 Å². The quantitative estimate of drug-likeness (QED) is 0.0882. The van der Waals surface area contributed by atoms with Gasteiger partial charge in [0.2, 0.25) is 0 Å². The molecule has 0 aliphatic heterocycles. The molecule has 0 radical (unpaired) electrons. The van der Waals surface area contributed by atoms with E-state index in [1.807, 2.05) is 44.2 Å². The molecule has 1 N–H and O–H groups in total. The molecular weight excluding hydrogens is 618 g/mol. The Labute approximate surface area is 257 Å². The van der Waals surface area contributed by atoms with Crippen LogP contribution in [0.5, 0.6) is 23.0 Å². The second kappa shape index (κ2) is 15.4. The molecule has 11 heteroatoms. The first kappa shape index (κ1) is 31.0. The van der Waals surface area contributed by atoms with Crippen molar-refractivity contribution in [1.29, 1.82) is 0 Å². The third-order valence-corrected chi connectivity index (χ3v) is 6.57. The van der Waals surface area contributed by atoms with Gasteiger partial charge in [-0.25, -0.2) is 5.43 Å². The Morgan fingerprint density at radius 3 is 2.21 bits per heavy atom. The number of hydrogen-bond donors (Lipinski definition) is 1. The van der Waals surface area contributed by atoms with E-state index < -0.39 is 10.8 Å². The highest BCUT2D eigenvalue weighted by Crippen LogP contribution is 2.37. The third kappa shape index (κ3) is 8.79. The third-order valence-electron chi connectivity index (χ3n) is 5.98. The van der Waals surface area contributed by atoms with E-state index >= 15 is 0 Å². The molecule has 0 saturated heterocycles. The first-order valence-corrected chi connectivity index (χ1v) is 14.3. The molecule has 0 atom stereocenters. The number of non-ortho nitro benzene ring substituents is 1. The predicted molar refractivity (Wildman–Crippen MR) is 166 cm³/mol. The Morgan fingerprint density at radius 2 is 1.51 bits per heavy atom. The largest absolute Gasteiger partial charge is 0.490 e. The summed E-state index contributed by atoms with van der Waals surface area (Å²) in [5.41, 5.74) is 5.34. The zero-order valence-electron chi connectivity index (χ0n) is 23.6. The number of rotatable bonds is 14. The number of carbonyl (C=O) groups excluding carboxylic acids is 1. The maximum absolute atomic E-state index is 12.8. The van der Waals surface area contributed by atoms with Crippen molar-refractivity contribution in [3.05, 3.63) is 122 Å². The normalized spacial score (nSPS) is 10.8. The number of ether oxygens (including phenoxy) is 4. The van der Waals surface area contributed by atoms with Crippen molar-refractivity contribution in [3.63, 3.8) is 0 Å². The number of hydrazone groups is 1. The first-order chi connectivity index (χ1) is 20.9. The van der Waals surface area contributed by atoms with Crippen LogP contribution in [0.1, 0.15) is 40.9 Å². The monoisotopic (exact) mass is 647 g/mol. The molecule has 0 fully saturated rings. The highest BCUT2D eigenvalue weighted by atomic mass is 79.9. The van der Waals surface area contributed by atoms with Crippen LogP contribution in [0.3, 0.4) is 0 Å². The minimum atomic E-state index is -0.450. The van der Waals surface area contributed by atoms with Gasteiger partial charge in [-0.15, -0.1) is 0 Å². The van der Waals surface area contributed by atoms with Crippen LogP contribution in [0.4, 0.5) is 5.69 Å². The van der Waals surface area contributed by atoms with Crippen molar-refractivity contribution in [2.24, 2.45) is 5.10 Å². The molecule has 0 aromatic heterocycles. The van der Waals surface area contributed by atoms with Gasteiger partial charge in [0, 0.05) is 17.7 Å². The van der Waals surface area contributed by atoms with Crippen LogP contribution in [0.25, 0.3) is 0 Å². The van der Waals surface area contributed by atoms with E-state index in [1.54, 1.807) is 42.5 Å². The maximum atomic E-state index is 12.8. The summed E-state index contributed by atoms with van der Waals surface area (Å²) in [5.74, 6) is 1.52. The second-order valence-corrected chi connectivity index (χ2v) is 9.90. The summed E-state index contributed by atoms with van der Waals surface area (Å²) in [6.07, 6.45) is 1.49. The van der Waals surface area contributed by atoms with Gasteiger partial charge in [0.25, 0.3) is 11.6 Å². The molecule has 0 bridgehead atoms. The summed E-state index contributed by atoms with van der Waals surface area (Å²) in [6.45, 7) is 5.07. The van der Waals surface area contributed by atoms with Gasteiger partial charge in [-0.1, -0.05) is 30.3 Å². The summed E-state index contributed by atoms with van der Waals surface area (Å²) >= 11 is 3.52. The number of benzene rings is 4. The minimum Gasteiger partial charge on any atom is -0.490 e. The Hall–Kier alpha value is -4.90. The molecule has 0 unspecified atom stereocenters. The molecule has 222 valence electrons. The van der Waals surface area contributed by atoms with Crippen LogP contribution in [0, 0.1) is 10.1 Å². The fourth-order valence-corrected chi connectivity index (χ4v) is 4.51. The summed E-state index contributed by atoms with van der Waals surface area (Å²) in [6, 6.07) is 24.4. The predicted octanol–water partition coefficient (Wildman–Crippen LogP) is 7.08. The van der Waals surface area contributed by atoms with Crippen LogP contribution < -0.4 is 24.4 Å². The van der Waals surface area contributed by atoms with E-state index in [4.69, 9.17) is 18.9 Å². The van der Waals surface area contributed by atoms with E-state index in [1.165, 1.54) is 18.3 Å². The number of nitro groups is 1. The van der Waals surface area contributed by atoms with Gasteiger partial charge in [0.05, 0.1) is 28.8 Å². The lowest BCUT2D eigenvalue weighted by Crippen LogP contribution is -2.17. The van der Waals surface area contributed by atoms with Crippen LogP contribution in [-0.4, -0.2) is 30.3 Å². The lowest BCUT2D eigenvalue weighted by molar-refractivity contribution is -0.384. The Morgan fingerprint density at radius 1 is 0.837 bits per heavy atom. The summed E-state index contributed by atoms with van der Waals surface area (Å²) in [7, 11) is 0. The van der Waals surface area contributed by atoms with Crippen LogP contribution in [0.2, 0.25) is 0 Å². The summed E-state index contributed by atoms with van der Waals surface area (Å²) in [4.78, 5) is 23.3. The SMILES string of the molecule is CCOc1cc(C(=O)N/N=C/c2cc(Br)c(OCc3ccc([N+](=O)[O-])cc3)c(OCC)c2)ccc1OCc1ccccc1. The molecule has 4 aromatic carbocycles. The molecule has 0 spiro atoms. The minimum absolute atomic E-state index is 0.00951. The zero-order chi connectivity index (χ0) is 30.6. The smallest absolute Gasteiger partial charge is 0.271 e. The lowest BCUT2D eigenvalue weighted by atomic mass is 10.2. The molecule has 4 aromatic rings. The highest BCUT2D eigenvalue weighted by molar-refractivity contribution is 9.10. The van der Waals surface area contributed by atoms with Gasteiger partial charge in [0.15, 0.2) is 23.0 Å². The number of amides is 1. The van der Waals surface area contributed by atoms with E-state index in [0.717, 1.165) is 11.1 Å². The molecule has 0 aliphatic carbocycles. The molecule has 0 aliphatic rings. The van der Waals surface area contributed by atoms with E-state index in [0.29, 0.717) is 58.4 Å². The van der Waals surface area contributed by atoms with E-state index in [-0.39, 0.29) is 12.3 Å². The number of hydrogen-bond acceptors (Lipinski definition) is 8. The fourth-order valence-electron chi connectivity index (χ4n) is 3.94. The van der Waals surface area contributed by atoms with Crippen molar-refractivity contribution < 1.29 is 28.7 Å². The summed E-state index contributed by atoms with van der Waals surface area (Å²) in [5, 5.41) is 15.0. The van der Waals surface area contributed by atoms with Gasteiger partial charge < -0.3 is 18.9 Å². The number of nitrogens with zero attached hydrogens (tertiary/aromatic N) is 2. The van der Waals surface area contributed by atoms with Crippen molar-refractivity contribution >= 4 is 33.7 Å². The first-order valence-electron chi connectivity index (χ1n) is 13.5. The Balaban J connectivity index is 1.41. The fraction of sp³-hybridized carbons (Fsp3) is 0.188. The zero-order valence-corrected chi connectivity index (χ0v) is 25.2. The van der Waals surface area contributed by atoms with Gasteiger partial charge in [-0.3, -0.25) is 14.9 Å². The molecular formula is C32H30BrN3O7. The van der Waals surface area contributed by atoms with Crippen LogP contribution in [0.15, 0.2) is 94.5 Å². The Bertz CT molecular complexity index is 1580. The topological polar surface area (TPSA) is 122 Å². The van der Waals surface area contributed by atoms with Crippen molar-refractivity contribution in [1.82, 2.24) is 5.43 Å². The van der Waals surface area contributed by atoms with E-state index in [2.05, 4.69) is 26.5 Å². The molecule has 4 rings (SSSR count). The number of carbonyl (C=O) groups is 1. The van der Waals surface area contributed by atoms with Crippen molar-refractivity contribution in [2.75, 3.05) is 13.2 Å². The van der Waals surface area contributed by atoms with Gasteiger partial charge in [-0.05, 0) is 88.9 Å². The summed E-state index contributed by atoms with van der Waals surface area (Å²) < 4.78 is 24.0. The van der Waals surface area contributed by atoms with E-state index in [9.17, 15) is 14.9 Å². The maximum Gasteiger partial charge on any atom is 0.271 e. The average Bonchev–Trinajstić information content (AvgIpc) is 3.01. The van der Waals surface area contributed by atoms with Crippen LogP contribution in [-0.2, 0) is 13.2 Å². The molecule has 1 amide bonds. The number of nitrogens with one attached hydrogen (secondary N) is 1. The lowest BCUT2D eigenvalue weighted by Gasteiger charge is -2.15. The number of nitro benzene ring substituents is 1. The average molecular weight is 649 g/mol. The Kier molecular flexibility index (Phi) is 11.1. The van der Waals surface area contributed by atoms with Gasteiger partial charge in [0.1, 0.15) is 13.2 Å². The molecule has 0 saturated carbocycles. The van der Waals surface area contributed by atoms with Gasteiger partial charge >= 0.3 is 0 Å². The van der Waals surface area contributed by atoms with Crippen LogP contribution >= 0.6 is 15.9 Å². The van der Waals surface area contributed by atoms with Gasteiger partial charge in [-0.2, -0.15) is 5.10 Å². The standard InChI is InChI=1S/C32H30BrN3O7/c1-3-40-29-18-25(12-15-28(29)42-20-22-8-6-5-7-9-22)32(37)35-34-19-24-16-27(33)31(30(17-24)41-4-2)43-21-23-10-13-26(14-11-23)36(38)39/h5-19H,3-4,20-21H2,1-2H3,(H,35,37)/b34-19+. The highest BCUT2D eigenvalue weighted by Gasteiger charge is 2.14. The second-order valence-electron chi connectivity index (χ2n) is 9.04. The number of halogens is 1. The molecule has 10 nitrogen and oxygen atoms in total. The van der Waals surface area contributed by atoms with Crippen molar-refractivity contribution in [3.8, 4) is 23.0 Å². The molecule has 0 heterocycles.